The first-order valence-electron chi connectivity index (χ1n) is 11.4. The molecule has 3 heterocycles. The van der Waals surface area contributed by atoms with Gasteiger partial charge in [-0.2, -0.15) is 0 Å². The average Bonchev–Trinajstić information content (AvgIpc) is 2.77. The number of thioether (sulfide) groups is 1. The summed E-state index contributed by atoms with van der Waals surface area (Å²) in [5.74, 6) is 0.975. The Labute approximate surface area is 189 Å². The Balaban J connectivity index is 1.23. The zero-order valence-electron chi connectivity index (χ0n) is 18.2. The van der Waals surface area contributed by atoms with E-state index in [1.807, 2.05) is 28.0 Å². The summed E-state index contributed by atoms with van der Waals surface area (Å²) >= 11 is 1.53. The quantitative estimate of drug-likeness (QED) is 0.473. The van der Waals surface area contributed by atoms with Gasteiger partial charge in [0.05, 0.1) is 12.1 Å². The lowest BCUT2D eigenvalue weighted by Crippen LogP contribution is -2.56. The number of hydrogen-bond donors (Lipinski definition) is 0. The van der Waals surface area contributed by atoms with E-state index in [1.54, 1.807) is 6.20 Å². The van der Waals surface area contributed by atoms with E-state index in [-0.39, 0.29) is 11.8 Å². The predicted molar refractivity (Wildman–Crippen MR) is 123 cm³/mol. The second-order valence-electron chi connectivity index (χ2n) is 8.53. The molecule has 1 aliphatic carbocycles. The van der Waals surface area contributed by atoms with Gasteiger partial charge in [-0.15, -0.1) is 18.3 Å². The van der Waals surface area contributed by atoms with Gasteiger partial charge in [-0.1, -0.05) is 12.5 Å². The van der Waals surface area contributed by atoms with Crippen LogP contribution >= 0.6 is 11.8 Å². The highest BCUT2D eigenvalue weighted by Gasteiger charge is 2.30. The Hall–Kier alpha value is -1.90. The predicted octanol–water partition coefficient (Wildman–Crippen LogP) is 1.81. The van der Waals surface area contributed by atoms with Crippen LogP contribution in [-0.2, 0) is 4.79 Å². The summed E-state index contributed by atoms with van der Waals surface area (Å²) < 4.78 is 0. The first-order valence-corrected chi connectivity index (χ1v) is 12.4. The zero-order chi connectivity index (χ0) is 21.6. The van der Waals surface area contributed by atoms with E-state index >= 15 is 0 Å². The van der Waals surface area contributed by atoms with Crippen LogP contribution in [0.4, 0.5) is 0 Å². The van der Waals surface area contributed by atoms with E-state index in [9.17, 15) is 9.59 Å². The average molecular weight is 444 g/mol. The third kappa shape index (κ3) is 5.48. The fourth-order valence-electron chi connectivity index (χ4n) is 4.47. The molecule has 0 unspecified atom stereocenters. The van der Waals surface area contributed by atoms with Crippen molar-refractivity contribution >= 4 is 23.6 Å². The van der Waals surface area contributed by atoms with Crippen molar-refractivity contribution in [2.75, 3.05) is 64.7 Å². The van der Waals surface area contributed by atoms with Crippen molar-refractivity contribution in [3.63, 3.8) is 0 Å². The molecule has 1 aromatic heterocycles. The molecule has 0 bridgehead atoms. The monoisotopic (exact) mass is 443 g/mol. The second kappa shape index (κ2) is 10.6. The van der Waals surface area contributed by atoms with E-state index < -0.39 is 0 Å². The van der Waals surface area contributed by atoms with Gasteiger partial charge in [0.15, 0.2) is 0 Å². The van der Waals surface area contributed by atoms with Gasteiger partial charge >= 0.3 is 0 Å². The van der Waals surface area contributed by atoms with Gasteiger partial charge in [-0.05, 0) is 25.0 Å². The van der Waals surface area contributed by atoms with Gasteiger partial charge < -0.3 is 9.80 Å². The third-order valence-electron chi connectivity index (χ3n) is 6.62. The normalized spacial score (nSPS) is 21.0. The number of aromatic nitrogens is 1. The number of carbonyl (C=O) groups excluding carboxylic acids is 2. The summed E-state index contributed by atoms with van der Waals surface area (Å²) in [6.45, 7) is 10.7. The smallest absolute Gasteiger partial charge is 0.256 e. The minimum Gasteiger partial charge on any atom is -0.339 e. The molecule has 1 aromatic rings. The van der Waals surface area contributed by atoms with Crippen molar-refractivity contribution < 1.29 is 9.59 Å². The highest BCUT2D eigenvalue weighted by Crippen LogP contribution is 2.25. The number of amides is 2. The van der Waals surface area contributed by atoms with Crippen LogP contribution < -0.4 is 0 Å². The summed E-state index contributed by atoms with van der Waals surface area (Å²) in [6.07, 6.45) is 7.54. The van der Waals surface area contributed by atoms with Crippen LogP contribution in [0.2, 0.25) is 0 Å². The SMILES string of the molecule is C=CCSc1ncccc1C(=O)N1CCN(CC(=O)N2CCN(C3CCC3)CC2)CC1. The molecule has 3 fully saturated rings. The summed E-state index contributed by atoms with van der Waals surface area (Å²) in [5.41, 5.74) is 0.656. The highest BCUT2D eigenvalue weighted by molar-refractivity contribution is 7.99. The molecule has 0 atom stereocenters. The Morgan fingerprint density at radius 1 is 1.06 bits per heavy atom. The molecular formula is C23H33N5O2S. The van der Waals surface area contributed by atoms with Crippen LogP contribution in [0, 0.1) is 0 Å². The van der Waals surface area contributed by atoms with E-state index in [0.29, 0.717) is 25.2 Å². The van der Waals surface area contributed by atoms with E-state index in [4.69, 9.17) is 0 Å². The number of pyridine rings is 1. The summed E-state index contributed by atoms with van der Waals surface area (Å²) in [5, 5.41) is 0.756. The first kappa shape index (κ1) is 22.3. The summed E-state index contributed by atoms with van der Waals surface area (Å²) in [4.78, 5) is 38.8. The molecule has 4 rings (SSSR count). The minimum atomic E-state index is 0.0257. The molecule has 8 heteroatoms. The van der Waals surface area contributed by atoms with Crippen molar-refractivity contribution in [2.45, 2.75) is 30.3 Å². The van der Waals surface area contributed by atoms with Crippen molar-refractivity contribution in [1.29, 1.82) is 0 Å². The molecule has 0 radical (unpaired) electrons. The van der Waals surface area contributed by atoms with Gasteiger partial charge in [0, 0.05) is 70.3 Å². The van der Waals surface area contributed by atoms with Crippen molar-refractivity contribution in [1.82, 2.24) is 24.6 Å². The largest absolute Gasteiger partial charge is 0.339 e. The lowest BCUT2D eigenvalue weighted by atomic mass is 9.91. The second-order valence-corrected chi connectivity index (χ2v) is 9.53. The topological polar surface area (TPSA) is 60.0 Å². The van der Waals surface area contributed by atoms with Crippen LogP contribution in [0.25, 0.3) is 0 Å². The maximum absolute atomic E-state index is 13.0. The van der Waals surface area contributed by atoms with Crippen molar-refractivity contribution in [3.8, 4) is 0 Å². The van der Waals surface area contributed by atoms with E-state index in [0.717, 1.165) is 56.1 Å². The standard InChI is InChI=1S/C23H33N5O2S/c1-2-17-31-22-20(7-4-8-24-22)23(30)28-11-9-25(10-12-28)18-21(29)27-15-13-26(14-16-27)19-5-3-6-19/h2,4,7-8,19H,1,3,5-6,9-18H2. The van der Waals surface area contributed by atoms with Gasteiger partial charge in [0.25, 0.3) is 5.91 Å². The number of nitrogens with zero attached hydrogens (tertiary/aromatic N) is 5. The molecule has 2 saturated heterocycles. The maximum Gasteiger partial charge on any atom is 0.256 e. The zero-order valence-corrected chi connectivity index (χ0v) is 19.1. The van der Waals surface area contributed by atoms with Gasteiger partial charge in [0.2, 0.25) is 5.91 Å². The van der Waals surface area contributed by atoms with Gasteiger partial charge in [-0.3, -0.25) is 19.4 Å². The van der Waals surface area contributed by atoms with Crippen LogP contribution in [-0.4, -0.2) is 107 Å². The summed E-state index contributed by atoms with van der Waals surface area (Å²) in [7, 11) is 0. The Morgan fingerprint density at radius 2 is 1.77 bits per heavy atom. The van der Waals surface area contributed by atoms with E-state index in [2.05, 4.69) is 21.4 Å². The van der Waals surface area contributed by atoms with Crippen molar-refractivity contribution in [3.05, 3.63) is 36.5 Å². The molecular weight excluding hydrogens is 410 g/mol. The fraction of sp³-hybridized carbons (Fsp3) is 0.609. The number of carbonyl (C=O) groups is 2. The molecule has 0 N–H and O–H groups in total. The Bertz CT molecular complexity index is 784. The van der Waals surface area contributed by atoms with Crippen LogP contribution in [0.1, 0.15) is 29.6 Å². The number of hydrogen-bond acceptors (Lipinski definition) is 6. The lowest BCUT2D eigenvalue weighted by Gasteiger charge is -2.43. The van der Waals surface area contributed by atoms with Gasteiger partial charge in [-0.25, -0.2) is 4.98 Å². The Kier molecular flexibility index (Phi) is 7.63. The molecule has 2 amide bonds. The number of piperazine rings is 2. The third-order valence-corrected chi connectivity index (χ3v) is 7.62. The molecule has 168 valence electrons. The van der Waals surface area contributed by atoms with E-state index in [1.165, 1.54) is 31.0 Å². The highest BCUT2D eigenvalue weighted by atomic mass is 32.2. The van der Waals surface area contributed by atoms with Crippen LogP contribution in [0.5, 0.6) is 0 Å². The maximum atomic E-state index is 13.0. The molecule has 1 saturated carbocycles. The molecule has 0 spiro atoms. The lowest BCUT2D eigenvalue weighted by molar-refractivity contribution is -0.135. The van der Waals surface area contributed by atoms with Crippen LogP contribution in [0.3, 0.4) is 0 Å². The number of rotatable bonds is 7. The first-order chi connectivity index (χ1) is 15.2. The summed E-state index contributed by atoms with van der Waals surface area (Å²) in [6, 6.07) is 4.42. The molecule has 7 nitrogen and oxygen atoms in total. The molecule has 3 aliphatic rings. The minimum absolute atomic E-state index is 0.0257. The van der Waals surface area contributed by atoms with Gasteiger partial charge in [0.1, 0.15) is 5.03 Å². The molecule has 0 aromatic carbocycles. The van der Waals surface area contributed by atoms with Crippen molar-refractivity contribution in [2.24, 2.45) is 0 Å². The van der Waals surface area contributed by atoms with Crippen LogP contribution in [0.15, 0.2) is 36.0 Å². The fourth-order valence-corrected chi connectivity index (χ4v) is 5.19. The molecule has 31 heavy (non-hydrogen) atoms. The Morgan fingerprint density at radius 3 is 2.42 bits per heavy atom. The molecule has 2 aliphatic heterocycles.